The fourth-order valence-electron chi connectivity index (χ4n) is 8.92. The van der Waals surface area contributed by atoms with Gasteiger partial charge in [0.25, 0.3) is 0 Å². The Morgan fingerprint density at radius 2 is 1.45 bits per heavy atom. The van der Waals surface area contributed by atoms with Gasteiger partial charge in [0.2, 0.25) is 5.69 Å². The molecule has 6 aromatic rings. The van der Waals surface area contributed by atoms with Gasteiger partial charge in [-0.1, -0.05) is 125 Å². The first-order valence-corrected chi connectivity index (χ1v) is 19.5. The fraction of sp³-hybridized carbons (Fsp3) is 0.340. The van der Waals surface area contributed by atoms with E-state index in [1.807, 2.05) is 0 Å². The Hall–Kier alpha value is -3.96. The third-order valence-electron chi connectivity index (χ3n) is 11.4. The molecular weight excluding hydrogens is 757 g/mol. The maximum Gasteiger partial charge on any atom is 0.215 e. The van der Waals surface area contributed by atoms with Gasteiger partial charge < -0.3 is 28.4 Å². The molecule has 7 rings (SSSR count). The van der Waals surface area contributed by atoms with Crippen LogP contribution in [0.4, 0.5) is 0 Å². The van der Waals surface area contributed by atoms with Crippen molar-refractivity contribution < 1.29 is 33.4 Å². The molecule has 1 aliphatic rings. The lowest BCUT2D eigenvalue weighted by molar-refractivity contribution is -0.365. The van der Waals surface area contributed by atoms with Crippen LogP contribution < -0.4 is 29.0 Å². The Morgan fingerprint density at radius 1 is 0.736 bits per heavy atom. The number of benzene rings is 4. The van der Waals surface area contributed by atoms with Crippen LogP contribution in [0.25, 0.3) is 38.8 Å². The minimum atomic E-state index is 0. The number of fused-ring (bicyclic) bond motifs is 3. The van der Waals surface area contributed by atoms with Crippen LogP contribution in [0.2, 0.25) is 0 Å². The van der Waals surface area contributed by atoms with Crippen molar-refractivity contribution in [1.82, 2.24) is 0 Å². The van der Waals surface area contributed by atoms with E-state index in [1.54, 1.807) is 0 Å². The highest BCUT2D eigenvalue weighted by molar-refractivity contribution is 6.09. The van der Waals surface area contributed by atoms with Crippen LogP contribution in [-0.2, 0) is 18.3 Å². The van der Waals surface area contributed by atoms with Gasteiger partial charge in [0, 0.05) is 28.3 Å². The SMILES string of the molecule is CCCCC1C=CC(c2c(C)cc(C)cc2C)=CC1c1ccccc1CCc1ccc2c(oc3cc(C)ccc32)c1-c1cc(C(C)(C)C)c(C)c[nH+]1.[I-]. The van der Waals surface area contributed by atoms with Gasteiger partial charge in [-0.25, -0.2) is 4.98 Å². The van der Waals surface area contributed by atoms with E-state index in [0.29, 0.717) is 11.8 Å². The van der Waals surface area contributed by atoms with Gasteiger partial charge in [-0.15, -0.1) is 0 Å². The fourth-order valence-corrected chi connectivity index (χ4v) is 8.92. The largest absolute Gasteiger partial charge is 1.00 e. The summed E-state index contributed by atoms with van der Waals surface area (Å²) >= 11 is 0. The second kappa shape index (κ2) is 15.8. The molecule has 2 heterocycles. The Bertz CT molecular complexity index is 2320. The van der Waals surface area contributed by atoms with Gasteiger partial charge in [0.15, 0.2) is 6.20 Å². The highest BCUT2D eigenvalue weighted by Gasteiger charge is 2.28. The van der Waals surface area contributed by atoms with Crippen molar-refractivity contribution in [3.8, 4) is 11.3 Å². The molecule has 2 aromatic heterocycles. The van der Waals surface area contributed by atoms with E-state index >= 15 is 0 Å². The van der Waals surface area contributed by atoms with E-state index in [4.69, 9.17) is 4.42 Å². The predicted molar refractivity (Wildman–Crippen MR) is 221 cm³/mol. The van der Waals surface area contributed by atoms with Crippen LogP contribution in [0.15, 0.2) is 102 Å². The Balaban J connectivity index is 0.00000481. The van der Waals surface area contributed by atoms with Crippen molar-refractivity contribution in [2.45, 2.75) is 106 Å². The number of aromatic nitrogens is 1. The standard InChI is InChI=1S/C50H55NO.HI/c1-10-11-14-37-19-21-39(47-33(4)25-32(3)26-34(47)5)28-43(37)40-16-13-12-15-36(40)18-20-38-22-24-42-41-23-17-31(2)27-46(41)52-49(42)48(38)45-29-44(50(7,8)9)35(6)30-51-45;/h12-13,15-17,19,21-30,37,43H,10-11,14,18,20H2,1-9H3;1H. The Labute approximate surface area is 334 Å². The molecule has 3 heteroatoms. The van der Waals surface area contributed by atoms with Gasteiger partial charge in [-0.05, 0) is 121 Å². The Kier molecular flexibility index (Phi) is 11.5. The molecule has 2 nitrogen and oxygen atoms in total. The lowest BCUT2D eigenvalue weighted by Gasteiger charge is -2.29. The molecule has 1 N–H and O–H groups in total. The number of hydrogen-bond acceptors (Lipinski definition) is 1. The van der Waals surface area contributed by atoms with Crippen LogP contribution in [0.3, 0.4) is 0 Å². The molecule has 0 bridgehead atoms. The second-order valence-corrected chi connectivity index (χ2v) is 16.6. The highest BCUT2D eigenvalue weighted by atomic mass is 127. The molecule has 4 aromatic carbocycles. The normalized spacial score (nSPS) is 15.9. The summed E-state index contributed by atoms with van der Waals surface area (Å²) in [5.41, 5.74) is 19.1. The van der Waals surface area contributed by atoms with Crippen molar-refractivity contribution in [2.75, 3.05) is 0 Å². The molecule has 0 fully saturated rings. The summed E-state index contributed by atoms with van der Waals surface area (Å²) < 4.78 is 6.78. The zero-order valence-corrected chi connectivity index (χ0v) is 35.4. The van der Waals surface area contributed by atoms with E-state index in [-0.39, 0.29) is 29.4 Å². The topological polar surface area (TPSA) is 27.3 Å². The molecule has 0 aliphatic heterocycles. The number of aromatic amines is 1. The average molecular weight is 814 g/mol. The molecule has 2 atom stereocenters. The third kappa shape index (κ3) is 7.83. The van der Waals surface area contributed by atoms with Crippen molar-refractivity contribution in [1.29, 1.82) is 0 Å². The van der Waals surface area contributed by atoms with Crippen LogP contribution in [-0.4, -0.2) is 0 Å². The van der Waals surface area contributed by atoms with Crippen LogP contribution in [0, 0.1) is 40.5 Å². The molecular formula is C50H56INO. The summed E-state index contributed by atoms with van der Waals surface area (Å²) in [7, 11) is 0. The molecule has 1 aliphatic carbocycles. The van der Waals surface area contributed by atoms with E-state index in [0.717, 1.165) is 29.7 Å². The minimum absolute atomic E-state index is 0. The van der Waals surface area contributed by atoms with E-state index in [1.165, 1.54) is 96.8 Å². The number of halogens is 1. The number of hydrogen-bond donors (Lipinski definition) is 0. The van der Waals surface area contributed by atoms with Crippen molar-refractivity contribution >= 4 is 27.5 Å². The van der Waals surface area contributed by atoms with Crippen molar-refractivity contribution in [3.05, 3.63) is 153 Å². The first-order chi connectivity index (χ1) is 24.9. The number of aryl methyl sites for hydroxylation is 7. The monoisotopic (exact) mass is 813 g/mol. The summed E-state index contributed by atoms with van der Waals surface area (Å²) in [6.07, 6.45) is 15.2. The van der Waals surface area contributed by atoms with E-state index in [2.05, 4.69) is 165 Å². The van der Waals surface area contributed by atoms with Crippen molar-refractivity contribution in [2.24, 2.45) is 5.92 Å². The number of nitrogens with one attached hydrogen (secondary N) is 1. The van der Waals surface area contributed by atoms with Crippen LogP contribution in [0.1, 0.15) is 109 Å². The smallest absolute Gasteiger partial charge is 0.215 e. The predicted octanol–water partition coefficient (Wildman–Crippen LogP) is 10.2. The number of pyridine rings is 1. The van der Waals surface area contributed by atoms with Gasteiger partial charge in [0.1, 0.15) is 11.2 Å². The number of H-pyrrole nitrogens is 1. The summed E-state index contributed by atoms with van der Waals surface area (Å²) in [4.78, 5) is 3.70. The Morgan fingerprint density at radius 3 is 2.19 bits per heavy atom. The lowest BCUT2D eigenvalue weighted by atomic mass is 9.75. The maximum absolute atomic E-state index is 6.78. The number of rotatable bonds is 9. The molecule has 0 radical (unpaired) electrons. The highest BCUT2D eigenvalue weighted by Crippen LogP contribution is 2.42. The zero-order chi connectivity index (χ0) is 36.7. The minimum Gasteiger partial charge on any atom is -1.00 e. The molecule has 0 saturated carbocycles. The molecule has 274 valence electrons. The first-order valence-electron chi connectivity index (χ1n) is 19.5. The van der Waals surface area contributed by atoms with Crippen LogP contribution >= 0.6 is 0 Å². The summed E-state index contributed by atoms with van der Waals surface area (Å²) in [6.45, 7) is 20.3. The van der Waals surface area contributed by atoms with Crippen LogP contribution in [0.5, 0.6) is 0 Å². The third-order valence-corrected chi connectivity index (χ3v) is 11.4. The van der Waals surface area contributed by atoms with Crippen molar-refractivity contribution in [3.63, 3.8) is 0 Å². The lowest BCUT2D eigenvalue weighted by Crippen LogP contribution is -3.00. The molecule has 53 heavy (non-hydrogen) atoms. The first kappa shape index (κ1) is 38.8. The number of furan rings is 1. The van der Waals surface area contributed by atoms with E-state index < -0.39 is 0 Å². The molecule has 0 spiro atoms. The molecule has 0 amide bonds. The van der Waals surface area contributed by atoms with Gasteiger partial charge in [-0.2, -0.15) is 0 Å². The number of unbranched alkanes of at least 4 members (excludes halogenated alkanes) is 1. The summed E-state index contributed by atoms with van der Waals surface area (Å²) in [6, 6.07) is 27.5. The molecule has 0 saturated heterocycles. The molecule has 2 unspecified atom stereocenters. The van der Waals surface area contributed by atoms with Gasteiger partial charge in [-0.3, -0.25) is 0 Å². The average Bonchev–Trinajstić information content (AvgIpc) is 3.47. The van der Waals surface area contributed by atoms with E-state index in [9.17, 15) is 0 Å². The summed E-state index contributed by atoms with van der Waals surface area (Å²) in [5.74, 6) is 0.822. The summed E-state index contributed by atoms with van der Waals surface area (Å²) in [5, 5.41) is 2.35. The zero-order valence-electron chi connectivity index (χ0n) is 33.2. The second-order valence-electron chi connectivity index (χ2n) is 16.6. The maximum atomic E-state index is 6.78. The van der Waals surface area contributed by atoms with Gasteiger partial charge >= 0.3 is 0 Å². The van der Waals surface area contributed by atoms with Gasteiger partial charge in [0.05, 0.1) is 5.56 Å². The number of allylic oxidation sites excluding steroid dienone is 4. The quantitative estimate of drug-likeness (QED) is 0.134.